The highest BCUT2D eigenvalue weighted by atomic mass is 32.2. The molecule has 1 amide bonds. The second-order valence-corrected chi connectivity index (χ2v) is 9.01. The van der Waals surface area contributed by atoms with Gasteiger partial charge in [-0.2, -0.15) is 0 Å². The van der Waals surface area contributed by atoms with Crippen molar-refractivity contribution in [1.82, 2.24) is 14.8 Å². The molecule has 166 valence electrons. The van der Waals surface area contributed by atoms with E-state index in [9.17, 15) is 9.59 Å². The number of Topliss-reactive ketones (excluding diaryl/α,β-unsaturated/α-hetero) is 1. The van der Waals surface area contributed by atoms with Gasteiger partial charge in [-0.3, -0.25) is 14.2 Å². The quantitative estimate of drug-likeness (QED) is 0.312. The van der Waals surface area contributed by atoms with Gasteiger partial charge in [0.2, 0.25) is 5.91 Å². The second kappa shape index (κ2) is 8.71. The summed E-state index contributed by atoms with van der Waals surface area (Å²) in [7, 11) is 0. The van der Waals surface area contributed by atoms with Gasteiger partial charge in [-0.05, 0) is 55.8 Å². The maximum Gasteiger partial charge on any atom is 0.231 e. The Morgan fingerprint density at radius 1 is 1.15 bits per heavy atom. The van der Waals surface area contributed by atoms with Crippen molar-refractivity contribution in [2.45, 2.75) is 31.5 Å². The van der Waals surface area contributed by atoms with Crippen LogP contribution in [0.4, 0.5) is 5.69 Å². The molecular weight excluding hydrogens is 436 g/mol. The van der Waals surface area contributed by atoms with Crippen LogP contribution in [0.3, 0.4) is 0 Å². The van der Waals surface area contributed by atoms with Gasteiger partial charge in [0, 0.05) is 16.8 Å². The molecule has 5 rings (SSSR count). The number of thioether (sulfide) groups is 1. The lowest BCUT2D eigenvalue weighted by molar-refractivity contribution is -0.116. The lowest BCUT2D eigenvalue weighted by Gasteiger charge is -2.09. The molecule has 7 nitrogen and oxygen atoms in total. The summed E-state index contributed by atoms with van der Waals surface area (Å²) in [6.45, 7) is 4.34. The first kappa shape index (κ1) is 21.2. The van der Waals surface area contributed by atoms with E-state index in [1.165, 1.54) is 11.8 Å². The van der Waals surface area contributed by atoms with Gasteiger partial charge in [-0.1, -0.05) is 35.5 Å². The minimum atomic E-state index is -0.256. The van der Waals surface area contributed by atoms with Crippen LogP contribution in [0.1, 0.15) is 40.1 Å². The summed E-state index contributed by atoms with van der Waals surface area (Å²) in [5, 5.41) is 12.3. The lowest BCUT2D eigenvalue weighted by atomic mass is 9.99. The van der Waals surface area contributed by atoms with E-state index >= 15 is 0 Å². The molecule has 0 radical (unpaired) electrons. The summed E-state index contributed by atoms with van der Waals surface area (Å²) < 4.78 is 7.52. The van der Waals surface area contributed by atoms with E-state index in [-0.39, 0.29) is 23.4 Å². The summed E-state index contributed by atoms with van der Waals surface area (Å²) in [6, 6.07) is 17.2. The fraction of sp³-hybridized carbons (Fsp3) is 0.200. The fourth-order valence-electron chi connectivity index (χ4n) is 3.90. The molecule has 0 saturated carbocycles. The third-order valence-electron chi connectivity index (χ3n) is 5.71. The minimum Gasteiger partial charge on any atom is -0.467 e. The molecule has 1 atom stereocenters. The Labute approximate surface area is 195 Å². The van der Waals surface area contributed by atoms with E-state index in [0.717, 1.165) is 34.0 Å². The Kier molecular flexibility index (Phi) is 5.60. The topological polar surface area (TPSA) is 90.0 Å². The number of aromatic nitrogens is 3. The predicted octanol–water partition coefficient (Wildman–Crippen LogP) is 4.93. The number of aryl methyl sites for hydroxylation is 1. The van der Waals surface area contributed by atoms with E-state index in [0.29, 0.717) is 17.3 Å². The summed E-state index contributed by atoms with van der Waals surface area (Å²) in [4.78, 5) is 24.9. The van der Waals surface area contributed by atoms with E-state index in [1.807, 2.05) is 54.8 Å². The van der Waals surface area contributed by atoms with Gasteiger partial charge in [0.1, 0.15) is 5.76 Å². The summed E-state index contributed by atoms with van der Waals surface area (Å²) in [5.74, 6) is 1.38. The number of hydrogen-bond donors (Lipinski definition) is 1. The van der Waals surface area contributed by atoms with Gasteiger partial charge in [0.25, 0.3) is 0 Å². The molecule has 0 aliphatic carbocycles. The van der Waals surface area contributed by atoms with Crippen molar-refractivity contribution in [2.75, 3.05) is 11.1 Å². The van der Waals surface area contributed by atoms with Crippen molar-refractivity contribution in [2.24, 2.45) is 0 Å². The van der Waals surface area contributed by atoms with Crippen LogP contribution in [0.15, 0.2) is 70.4 Å². The molecule has 8 heteroatoms. The average molecular weight is 459 g/mol. The van der Waals surface area contributed by atoms with Gasteiger partial charge in [0.15, 0.2) is 16.8 Å². The van der Waals surface area contributed by atoms with Gasteiger partial charge < -0.3 is 9.73 Å². The third kappa shape index (κ3) is 4.21. The summed E-state index contributed by atoms with van der Waals surface area (Å²) in [6.07, 6.45) is 1.64. The zero-order valence-corrected chi connectivity index (χ0v) is 19.1. The first-order valence-electron chi connectivity index (χ1n) is 10.6. The number of anilines is 1. The SMILES string of the molecule is Cc1cccc(-c2nnc(SCC(=O)c3ccc4c(c3)[C@H](C)C(=O)N4)n2Cc2ccco2)c1. The molecule has 0 saturated heterocycles. The molecule has 1 aliphatic rings. The normalized spacial score (nSPS) is 14.8. The van der Waals surface area contributed by atoms with Gasteiger partial charge in [-0.15, -0.1) is 10.2 Å². The van der Waals surface area contributed by atoms with Crippen LogP contribution in [-0.4, -0.2) is 32.2 Å². The molecule has 33 heavy (non-hydrogen) atoms. The number of benzene rings is 2. The van der Waals surface area contributed by atoms with Crippen molar-refractivity contribution in [3.63, 3.8) is 0 Å². The zero-order valence-electron chi connectivity index (χ0n) is 18.2. The number of rotatable bonds is 7. The Balaban J connectivity index is 1.39. The highest BCUT2D eigenvalue weighted by molar-refractivity contribution is 7.99. The molecule has 0 unspecified atom stereocenters. The minimum absolute atomic E-state index is 0.0287. The van der Waals surface area contributed by atoms with Crippen LogP contribution in [-0.2, 0) is 11.3 Å². The number of ketones is 1. The number of nitrogens with one attached hydrogen (secondary N) is 1. The third-order valence-corrected chi connectivity index (χ3v) is 6.68. The molecular formula is C25H22N4O3S. The Bertz CT molecular complexity index is 1340. The second-order valence-electron chi connectivity index (χ2n) is 8.07. The van der Waals surface area contributed by atoms with Crippen LogP contribution < -0.4 is 5.32 Å². The summed E-state index contributed by atoms with van der Waals surface area (Å²) in [5.41, 5.74) is 4.30. The number of carbonyl (C=O) groups excluding carboxylic acids is 2. The molecule has 1 aliphatic heterocycles. The largest absolute Gasteiger partial charge is 0.467 e. The van der Waals surface area contributed by atoms with Crippen LogP contribution >= 0.6 is 11.8 Å². The molecule has 1 N–H and O–H groups in total. The molecule has 4 aromatic rings. The predicted molar refractivity (Wildman–Crippen MR) is 127 cm³/mol. The first-order valence-corrected chi connectivity index (χ1v) is 11.6. The molecule has 2 aromatic carbocycles. The standard InChI is InChI=1S/C25H22N4O3S/c1-15-5-3-6-18(11-15)23-27-28-25(29(23)13-19-7-4-10-32-19)33-14-22(30)17-8-9-21-20(12-17)16(2)24(31)26-21/h3-12,16H,13-14H2,1-2H3,(H,26,31)/t16-/m0/s1. The van der Waals surface area contributed by atoms with Crippen molar-refractivity contribution < 1.29 is 14.0 Å². The molecule has 0 spiro atoms. The number of amides is 1. The van der Waals surface area contributed by atoms with Crippen molar-refractivity contribution >= 4 is 29.1 Å². The van der Waals surface area contributed by atoms with E-state index in [4.69, 9.17) is 4.42 Å². The van der Waals surface area contributed by atoms with E-state index in [2.05, 4.69) is 21.6 Å². The van der Waals surface area contributed by atoms with Gasteiger partial charge >= 0.3 is 0 Å². The first-order chi connectivity index (χ1) is 16.0. The van der Waals surface area contributed by atoms with Crippen molar-refractivity contribution in [1.29, 1.82) is 0 Å². The van der Waals surface area contributed by atoms with Crippen LogP contribution in [0.5, 0.6) is 0 Å². The Morgan fingerprint density at radius 2 is 2.03 bits per heavy atom. The highest BCUT2D eigenvalue weighted by Crippen LogP contribution is 2.33. The Hall–Kier alpha value is -3.65. The Morgan fingerprint density at radius 3 is 2.82 bits per heavy atom. The maximum absolute atomic E-state index is 13.0. The number of carbonyl (C=O) groups is 2. The van der Waals surface area contributed by atoms with E-state index < -0.39 is 0 Å². The average Bonchev–Trinajstić information content (AvgIpc) is 3.53. The monoisotopic (exact) mass is 458 g/mol. The summed E-state index contributed by atoms with van der Waals surface area (Å²) >= 11 is 1.34. The van der Waals surface area contributed by atoms with Gasteiger partial charge in [-0.25, -0.2) is 0 Å². The van der Waals surface area contributed by atoms with Crippen molar-refractivity contribution in [3.05, 3.63) is 83.3 Å². The van der Waals surface area contributed by atoms with Crippen molar-refractivity contribution in [3.8, 4) is 11.4 Å². The highest BCUT2D eigenvalue weighted by Gasteiger charge is 2.27. The molecule has 3 heterocycles. The fourth-order valence-corrected chi connectivity index (χ4v) is 4.73. The van der Waals surface area contributed by atoms with Gasteiger partial charge in [0.05, 0.1) is 24.5 Å². The number of fused-ring (bicyclic) bond motifs is 1. The van der Waals surface area contributed by atoms with E-state index in [1.54, 1.807) is 18.4 Å². The van der Waals surface area contributed by atoms with Crippen LogP contribution in [0.25, 0.3) is 11.4 Å². The molecule has 0 bridgehead atoms. The number of hydrogen-bond acceptors (Lipinski definition) is 6. The lowest BCUT2D eigenvalue weighted by Crippen LogP contribution is -2.08. The van der Waals surface area contributed by atoms with Crippen LogP contribution in [0.2, 0.25) is 0 Å². The molecule has 0 fully saturated rings. The number of furan rings is 1. The molecule has 2 aromatic heterocycles. The number of nitrogens with zero attached hydrogens (tertiary/aromatic N) is 3. The smallest absolute Gasteiger partial charge is 0.231 e. The maximum atomic E-state index is 13.0. The van der Waals surface area contributed by atoms with Crippen LogP contribution in [0, 0.1) is 6.92 Å². The zero-order chi connectivity index (χ0) is 22.9.